The second kappa shape index (κ2) is 5.10. The Balaban J connectivity index is 0.000000686. The van der Waals surface area contributed by atoms with E-state index in [9.17, 15) is 20.2 Å². The van der Waals surface area contributed by atoms with E-state index in [1.54, 1.807) is 0 Å². The van der Waals surface area contributed by atoms with Crippen LogP contribution in [0.25, 0.3) is 0 Å². The predicted octanol–water partition coefficient (Wildman–Crippen LogP) is 2.26. The van der Waals surface area contributed by atoms with Crippen LogP contribution in [0.4, 0.5) is 11.4 Å². The minimum absolute atomic E-state index is 0.0896. The second-order valence-electron chi connectivity index (χ2n) is 2.71. The molecule has 0 aliphatic carbocycles. The molecule has 2 rings (SSSR count). The van der Waals surface area contributed by atoms with E-state index < -0.39 is 21.2 Å². The van der Waals surface area contributed by atoms with Gasteiger partial charge in [-0.2, -0.15) is 0 Å². The van der Waals surface area contributed by atoms with Crippen LogP contribution in [-0.4, -0.2) is 16.6 Å². The third kappa shape index (κ3) is 2.41. The van der Waals surface area contributed by atoms with Crippen LogP contribution in [0.2, 0.25) is 0 Å². The number of fused-ring (bicyclic) bond motifs is 1. The fourth-order valence-electron chi connectivity index (χ4n) is 1.21. The lowest BCUT2D eigenvalue weighted by atomic mass is 10.2. The average Bonchev–Trinajstić information content (AvgIpc) is 2.76. The molecule has 0 unspecified atom stereocenters. The Labute approximate surface area is 96.1 Å². The lowest BCUT2D eigenvalue weighted by Gasteiger charge is -1.97. The first-order chi connectivity index (χ1) is 8.09. The van der Waals surface area contributed by atoms with Gasteiger partial charge < -0.3 is 9.47 Å². The molecule has 0 aromatic heterocycles. The zero-order chi connectivity index (χ0) is 13.0. The van der Waals surface area contributed by atoms with Crippen LogP contribution in [0.1, 0.15) is 13.8 Å². The standard InChI is InChI=1S/C7H4N2O6.C2H6/c10-8(11)4-1-6-7(15-3-14-6)2-5(4)9(12)13;1-2/h1-2H,3H2;1-2H3. The molecule has 0 atom stereocenters. The number of rotatable bonds is 2. The molecule has 1 aromatic rings. The predicted molar refractivity (Wildman–Crippen MR) is 57.2 cm³/mol. The summed E-state index contributed by atoms with van der Waals surface area (Å²) in [5.74, 6) is 0.291. The summed E-state index contributed by atoms with van der Waals surface area (Å²) < 4.78 is 9.75. The fraction of sp³-hybridized carbons (Fsp3) is 0.333. The van der Waals surface area contributed by atoms with Gasteiger partial charge in [-0.05, 0) is 0 Å². The summed E-state index contributed by atoms with van der Waals surface area (Å²) in [5, 5.41) is 21.1. The first-order valence-electron chi connectivity index (χ1n) is 4.82. The fourth-order valence-corrected chi connectivity index (χ4v) is 1.21. The smallest absolute Gasteiger partial charge is 0.350 e. The van der Waals surface area contributed by atoms with E-state index in [0.29, 0.717) is 0 Å². The van der Waals surface area contributed by atoms with Crippen molar-refractivity contribution in [1.29, 1.82) is 0 Å². The van der Waals surface area contributed by atoms with Crippen molar-refractivity contribution in [2.75, 3.05) is 6.79 Å². The van der Waals surface area contributed by atoms with E-state index in [-0.39, 0.29) is 18.3 Å². The third-order valence-corrected chi connectivity index (χ3v) is 1.86. The molecule has 0 bridgehead atoms. The molecule has 17 heavy (non-hydrogen) atoms. The van der Waals surface area contributed by atoms with Gasteiger partial charge in [-0.3, -0.25) is 20.2 Å². The molecule has 0 N–H and O–H groups in total. The Morgan fingerprint density at radius 2 is 1.35 bits per heavy atom. The minimum atomic E-state index is -0.833. The van der Waals surface area contributed by atoms with Crippen molar-refractivity contribution in [3.8, 4) is 11.5 Å². The van der Waals surface area contributed by atoms with Crippen LogP contribution in [0.3, 0.4) is 0 Å². The number of nitro groups is 2. The van der Waals surface area contributed by atoms with Gasteiger partial charge in [-0.25, -0.2) is 0 Å². The molecule has 8 heteroatoms. The second-order valence-corrected chi connectivity index (χ2v) is 2.71. The zero-order valence-electron chi connectivity index (χ0n) is 9.21. The van der Waals surface area contributed by atoms with Crippen molar-refractivity contribution in [2.24, 2.45) is 0 Å². The highest BCUT2D eigenvalue weighted by atomic mass is 16.7. The van der Waals surface area contributed by atoms with Crippen LogP contribution in [-0.2, 0) is 0 Å². The van der Waals surface area contributed by atoms with E-state index in [4.69, 9.17) is 9.47 Å². The van der Waals surface area contributed by atoms with Crippen LogP contribution >= 0.6 is 0 Å². The van der Waals surface area contributed by atoms with Gasteiger partial charge in [-0.1, -0.05) is 13.8 Å². The monoisotopic (exact) mass is 242 g/mol. The lowest BCUT2D eigenvalue weighted by molar-refractivity contribution is -0.422. The van der Waals surface area contributed by atoms with Gasteiger partial charge in [-0.15, -0.1) is 0 Å². The maximum absolute atomic E-state index is 10.5. The summed E-state index contributed by atoms with van der Waals surface area (Å²) in [6.07, 6.45) is 0. The van der Waals surface area contributed by atoms with E-state index >= 15 is 0 Å². The average molecular weight is 242 g/mol. The largest absolute Gasteiger partial charge is 0.453 e. The number of nitrogens with zero attached hydrogens (tertiary/aromatic N) is 2. The van der Waals surface area contributed by atoms with Crippen molar-refractivity contribution >= 4 is 11.4 Å². The lowest BCUT2D eigenvalue weighted by Crippen LogP contribution is -1.96. The number of nitro benzene ring substituents is 2. The molecule has 0 spiro atoms. The molecule has 0 saturated carbocycles. The van der Waals surface area contributed by atoms with Crippen LogP contribution < -0.4 is 9.47 Å². The number of ether oxygens (including phenoxy) is 2. The van der Waals surface area contributed by atoms with Gasteiger partial charge in [0.15, 0.2) is 11.5 Å². The third-order valence-electron chi connectivity index (χ3n) is 1.86. The van der Waals surface area contributed by atoms with Crippen molar-refractivity contribution in [1.82, 2.24) is 0 Å². The molecular weight excluding hydrogens is 232 g/mol. The van der Waals surface area contributed by atoms with Crippen molar-refractivity contribution in [3.63, 3.8) is 0 Å². The van der Waals surface area contributed by atoms with E-state index in [1.807, 2.05) is 13.8 Å². The molecule has 0 saturated heterocycles. The molecule has 1 aliphatic rings. The zero-order valence-corrected chi connectivity index (χ0v) is 9.21. The van der Waals surface area contributed by atoms with Crippen molar-refractivity contribution in [3.05, 3.63) is 32.4 Å². The summed E-state index contributed by atoms with van der Waals surface area (Å²) in [4.78, 5) is 19.4. The molecule has 0 amide bonds. The molecule has 92 valence electrons. The van der Waals surface area contributed by atoms with Gasteiger partial charge in [0, 0.05) is 0 Å². The molecule has 8 nitrogen and oxygen atoms in total. The summed E-state index contributed by atoms with van der Waals surface area (Å²) in [6, 6.07) is 1.97. The first kappa shape index (κ1) is 12.7. The molecule has 0 radical (unpaired) electrons. The van der Waals surface area contributed by atoms with Gasteiger partial charge in [0.05, 0.1) is 22.0 Å². The Bertz CT molecular complexity index is 418. The highest BCUT2D eigenvalue weighted by molar-refractivity contribution is 5.62. The Hall–Kier alpha value is -2.38. The van der Waals surface area contributed by atoms with Crippen molar-refractivity contribution in [2.45, 2.75) is 13.8 Å². The normalized spacial score (nSPS) is 11.4. The Kier molecular flexibility index (Phi) is 3.81. The molecule has 1 heterocycles. The maximum atomic E-state index is 10.5. The summed E-state index contributed by atoms with van der Waals surface area (Å²) in [6.45, 7) is 3.91. The van der Waals surface area contributed by atoms with Gasteiger partial charge >= 0.3 is 11.4 Å². The summed E-state index contributed by atoms with van der Waals surface area (Å²) in [7, 11) is 0. The number of hydrogen-bond donors (Lipinski definition) is 0. The SMILES string of the molecule is CC.O=[N+]([O-])c1cc2c(cc1[N+](=O)[O-])OCO2. The van der Waals surface area contributed by atoms with Crippen molar-refractivity contribution < 1.29 is 19.3 Å². The van der Waals surface area contributed by atoms with E-state index in [2.05, 4.69) is 0 Å². The Morgan fingerprint density at radius 1 is 1.00 bits per heavy atom. The van der Waals surface area contributed by atoms with Crippen LogP contribution in [0.15, 0.2) is 12.1 Å². The molecule has 1 aliphatic heterocycles. The van der Waals surface area contributed by atoms with E-state index in [0.717, 1.165) is 12.1 Å². The molecule has 0 fully saturated rings. The van der Waals surface area contributed by atoms with Crippen LogP contribution in [0.5, 0.6) is 11.5 Å². The highest BCUT2D eigenvalue weighted by Gasteiger charge is 2.30. The molecular formula is C9H10N2O6. The molecule has 1 aromatic carbocycles. The van der Waals surface area contributed by atoms with Gasteiger partial charge in [0.1, 0.15) is 0 Å². The summed E-state index contributed by atoms with van der Waals surface area (Å²) in [5.41, 5.74) is -1.21. The Morgan fingerprint density at radius 3 is 1.65 bits per heavy atom. The summed E-state index contributed by atoms with van der Waals surface area (Å²) >= 11 is 0. The number of hydrogen-bond acceptors (Lipinski definition) is 6. The van der Waals surface area contributed by atoms with E-state index in [1.165, 1.54) is 0 Å². The highest BCUT2D eigenvalue weighted by Crippen LogP contribution is 2.41. The first-order valence-corrected chi connectivity index (χ1v) is 4.82. The number of benzene rings is 1. The quantitative estimate of drug-likeness (QED) is 0.581. The maximum Gasteiger partial charge on any atom is 0.350 e. The minimum Gasteiger partial charge on any atom is -0.453 e. The topological polar surface area (TPSA) is 105 Å². The van der Waals surface area contributed by atoms with Crippen LogP contribution in [0, 0.1) is 20.2 Å². The van der Waals surface area contributed by atoms with Gasteiger partial charge in [0.2, 0.25) is 6.79 Å². The van der Waals surface area contributed by atoms with Gasteiger partial charge in [0.25, 0.3) is 0 Å².